The Hall–Kier alpha value is -2.89. The van der Waals surface area contributed by atoms with Crippen LogP contribution < -0.4 is 24.4 Å². The fourth-order valence-electron chi connectivity index (χ4n) is 3.45. The molecule has 0 aliphatic carbocycles. The predicted molar refractivity (Wildman–Crippen MR) is 114 cm³/mol. The van der Waals surface area contributed by atoms with E-state index >= 15 is 0 Å². The minimum absolute atomic E-state index is 0.0659. The number of nitrogens with zero attached hydrogens (tertiary/aromatic N) is 1. The van der Waals surface area contributed by atoms with Gasteiger partial charge in [0.05, 0.1) is 25.9 Å². The summed E-state index contributed by atoms with van der Waals surface area (Å²) in [6, 6.07) is 15.6. The number of carbonyl (C=O) groups excluding carboxylic acids is 1. The summed E-state index contributed by atoms with van der Waals surface area (Å²) < 4.78 is 17.3. The molecule has 2 aromatic carbocycles. The highest BCUT2D eigenvalue weighted by atomic mass is 16.5. The molecule has 3 rings (SSSR count). The van der Waals surface area contributed by atoms with Gasteiger partial charge in [-0.15, -0.1) is 0 Å². The lowest BCUT2D eigenvalue weighted by Gasteiger charge is -2.36. The molecular formula is C23H30N2O4. The number of anilines is 1. The second-order valence-corrected chi connectivity index (χ2v) is 7.04. The van der Waals surface area contributed by atoms with Crippen molar-refractivity contribution in [1.82, 2.24) is 5.32 Å². The Balaban J connectivity index is 1.67. The van der Waals surface area contributed by atoms with Gasteiger partial charge in [0.1, 0.15) is 12.4 Å². The molecular weight excluding hydrogens is 368 g/mol. The highest BCUT2D eigenvalue weighted by Gasteiger charge is 2.31. The Morgan fingerprint density at radius 1 is 1.14 bits per heavy atom. The van der Waals surface area contributed by atoms with Gasteiger partial charge < -0.3 is 24.4 Å². The Bertz CT molecular complexity index is 807. The van der Waals surface area contributed by atoms with Crippen LogP contribution in [-0.2, 0) is 4.79 Å². The lowest BCUT2D eigenvalue weighted by molar-refractivity contribution is -0.128. The number of carbonyl (C=O) groups is 1. The van der Waals surface area contributed by atoms with Gasteiger partial charge >= 0.3 is 0 Å². The number of methoxy groups -OCH3 is 1. The molecule has 0 radical (unpaired) electrons. The van der Waals surface area contributed by atoms with E-state index in [1.54, 1.807) is 7.11 Å². The number of nitrogens with one attached hydrogen (secondary N) is 1. The maximum atomic E-state index is 12.7. The quantitative estimate of drug-likeness (QED) is 0.699. The summed E-state index contributed by atoms with van der Waals surface area (Å²) in [6.07, 6.45) is 1.26. The summed E-state index contributed by atoms with van der Waals surface area (Å²) in [5.41, 5.74) is 0.975. The van der Waals surface area contributed by atoms with Crippen LogP contribution in [0.5, 0.6) is 17.2 Å². The van der Waals surface area contributed by atoms with E-state index in [4.69, 9.17) is 14.2 Å². The molecule has 156 valence electrons. The zero-order valence-electron chi connectivity index (χ0n) is 17.4. The molecule has 1 amide bonds. The normalized spacial score (nSPS) is 15.4. The highest BCUT2D eigenvalue weighted by molar-refractivity contribution is 5.83. The molecule has 1 aliphatic rings. The van der Waals surface area contributed by atoms with Crippen molar-refractivity contribution >= 4 is 11.6 Å². The van der Waals surface area contributed by atoms with Gasteiger partial charge in [-0.05, 0) is 37.1 Å². The van der Waals surface area contributed by atoms with Crippen LogP contribution in [0.4, 0.5) is 5.69 Å². The van der Waals surface area contributed by atoms with Crippen molar-refractivity contribution < 1.29 is 19.0 Å². The molecule has 1 heterocycles. The van der Waals surface area contributed by atoms with Crippen molar-refractivity contribution in [3.05, 3.63) is 48.5 Å². The molecule has 2 aromatic rings. The van der Waals surface area contributed by atoms with Gasteiger partial charge in [-0.2, -0.15) is 0 Å². The maximum absolute atomic E-state index is 12.7. The van der Waals surface area contributed by atoms with Crippen molar-refractivity contribution in [3.63, 3.8) is 0 Å². The molecule has 1 aliphatic heterocycles. The number of amides is 1. The van der Waals surface area contributed by atoms with Gasteiger partial charge in [-0.25, -0.2) is 0 Å². The van der Waals surface area contributed by atoms with Gasteiger partial charge in [0, 0.05) is 6.04 Å². The van der Waals surface area contributed by atoms with E-state index in [1.807, 2.05) is 48.5 Å². The van der Waals surface area contributed by atoms with Crippen LogP contribution in [0.25, 0.3) is 0 Å². The third-order valence-electron chi connectivity index (χ3n) is 5.17. The number of hydrogen-bond donors (Lipinski definition) is 1. The summed E-state index contributed by atoms with van der Waals surface area (Å²) >= 11 is 0. The number of ether oxygens (including phenoxy) is 3. The molecule has 0 fully saturated rings. The molecule has 0 aromatic heterocycles. The zero-order valence-corrected chi connectivity index (χ0v) is 17.4. The first-order valence-corrected chi connectivity index (χ1v) is 10.2. The van der Waals surface area contributed by atoms with Crippen molar-refractivity contribution in [2.75, 3.05) is 31.7 Å². The third-order valence-corrected chi connectivity index (χ3v) is 5.17. The summed E-state index contributed by atoms with van der Waals surface area (Å²) in [6.45, 7) is 5.74. The monoisotopic (exact) mass is 398 g/mol. The molecule has 0 bridgehead atoms. The summed E-state index contributed by atoms with van der Waals surface area (Å²) in [7, 11) is 1.63. The van der Waals surface area contributed by atoms with E-state index in [-0.39, 0.29) is 11.9 Å². The molecule has 6 nitrogen and oxygen atoms in total. The standard InChI is InChI=1S/C23H30N2O4/c1-4-17(5-2)24-23(26)22-16-25(18-10-6-7-11-19(18)29-22)14-15-28-21-13-9-8-12-20(21)27-3/h6-13,17,22H,4-5,14-16H2,1-3H3,(H,24,26). The molecule has 0 saturated heterocycles. The first kappa shape index (κ1) is 20.8. The topological polar surface area (TPSA) is 60.0 Å². The zero-order chi connectivity index (χ0) is 20.6. The second-order valence-electron chi connectivity index (χ2n) is 7.04. The van der Waals surface area contributed by atoms with Gasteiger partial charge in [0.25, 0.3) is 5.91 Å². The van der Waals surface area contributed by atoms with Crippen molar-refractivity contribution in [2.24, 2.45) is 0 Å². The SMILES string of the molecule is CCC(CC)NC(=O)C1CN(CCOc2ccccc2OC)c2ccccc2O1. The van der Waals surface area contributed by atoms with E-state index in [2.05, 4.69) is 24.1 Å². The van der Waals surface area contributed by atoms with Gasteiger partial charge in [0.15, 0.2) is 17.6 Å². The van der Waals surface area contributed by atoms with Crippen LogP contribution in [0.1, 0.15) is 26.7 Å². The van der Waals surface area contributed by atoms with Gasteiger partial charge in [0.2, 0.25) is 0 Å². The first-order chi connectivity index (χ1) is 14.2. The van der Waals surface area contributed by atoms with Crippen molar-refractivity contribution in [2.45, 2.75) is 38.8 Å². The molecule has 0 saturated carbocycles. The number of fused-ring (bicyclic) bond motifs is 1. The lowest BCUT2D eigenvalue weighted by Crippen LogP contribution is -2.51. The second kappa shape index (κ2) is 10.0. The molecule has 0 spiro atoms. The van der Waals surface area contributed by atoms with Gasteiger partial charge in [-0.1, -0.05) is 38.1 Å². The molecule has 1 N–H and O–H groups in total. The Labute approximate surface area is 172 Å². The summed E-state index contributed by atoms with van der Waals surface area (Å²) in [5, 5.41) is 3.10. The van der Waals surface area contributed by atoms with Crippen LogP contribution in [0, 0.1) is 0 Å². The molecule has 1 unspecified atom stereocenters. The van der Waals surface area contributed by atoms with Gasteiger partial charge in [-0.3, -0.25) is 4.79 Å². The summed E-state index contributed by atoms with van der Waals surface area (Å²) in [5.74, 6) is 2.07. The van der Waals surface area contributed by atoms with E-state index < -0.39 is 6.10 Å². The number of para-hydroxylation sites is 4. The molecule has 29 heavy (non-hydrogen) atoms. The largest absolute Gasteiger partial charge is 0.493 e. The van der Waals surface area contributed by atoms with Crippen LogP contribution in [0.3, 0.4) is 0 Å². The fourth-order valence-corrected chi connectivity index (χ4v) is 3.45. The molecule has 6 heteroatoms. The smallest absolute Gasteiger partial charge is 0.263 e. The average Bonchev–Trinajstić information content (AvgIpc) is 2.77. The predicted octanol–water partition coefficient (Wildman–Crippen LogP) is 3.65. The maximum Gasteiger partial charge on any atom is 0.263 e. The number of rotatable bonds is 9. The number of hydrogen-bond acceptors (Lipinski definition) is 5. The Morgan fingerprint density at radius 2 is 1.83 bits per heavy atom. The van der Waals surface area contributed by atoms with Crippen molar-refractivity contribution in [1.29, 1.82) is 0 Å². The number of benzene rings is 2. The van der Waals surface area contributed by atoms with Crippen LogP contribution in [0.2, 0.25) is 0 Å². The minimum Gasteiger partial charge on any atom is -0.493 e. The van der Waals surface area contributed by atoms with Crippen LogP contribution in [0.15, 0.2) is 48.5 Å². The first-order valence-electron chi connectivity index (χ1n) is 10.2. The molecule has 1 atom stereocenters. The van der Waals surface area contributed by atoms with Crippen molar-refractivity contribution in [3.8, 4) is 17.2 Å². The van der Waals surface area contributed by atoms with E-state index in [0.29, 0.717) is 31.2 Å². The Kier molecular flexibility index (Phi) is 7.22. The fraction of sp³-hybridized carbons (Fsp3) is 0.435. The minimum atomic E-state index is -0.545. The van der Waals surface area contributed by atoms with E-state index in [1.165, 1.54) is 0 Å². The lowest BCUT2D eigenvalue weighted by atomic mass is 10.1. The van der Waals surface area contributed by atoms with Crippen LogP contribution >= 0.6 is 0 Å². The third kappa shape index (κ3) is 5.13. The van der Waals surface area contributed by atoms with E-state index in [9.17, 15) is 4.79 Å². The average molecular weight is 399 g/mol. The van der Waals surface area contributed by atoms with Crippen LogP contribution in [-0.4, -0.2) is 44.9 Å². The highest BCUT2D eigenvalue weighted by Crippen LogP contribution is 2.33. The van der Waals surface area contributed by atoms with E-state index in [0.717, 1.165) is 24.3 Å². The Morgan fingerprint density at radius 3 is 2.55 bits per heavy atom. The summed E-state index contributed by atoms with van der Waals surface area (Å²) in [4.78, 5) is 14.9.